The Labute approximate surface area is 140 Å². The van der Waals surface area contributed by atoms with E-state index in [4.69, 9.17) is 4.74 Å². The average Bonchev–Trinajstić information content (AvgIpc) is 2.53. The summed E-state index contributed by atoms with van der Waals surface area (Å²) in [5.74, 6) is 1.58. The van der Waals surface area contributed by atoms with Crippen molar-refractivity contribution < 1.29 is 4.74 Å². The number of hydrogen-bond acceptors (Lipinski definition) is 2. The third-order valence-electron chi connectivity index (χ3n) is 4.63. The van der Waals surface area contributed by atoms with Gasteiger partial charge in [0.2, 0.25) is 0 Å². The summed E-state index contributed by atoms with van der Waals surface area (Å²) in [6, 6.07) is 19.1. The highest BCUT2D eigenvalue weighted by atomic mass is 28.3. The number of benzene rings is 2. The van der Waals surface area contributed by atoms with Crippen LogP contribution in [0.4, 0.5) is 5.69 Å². The van der Waals surface area contributed by atoms with E-state index < -0.39 is 8.07 Å². The maximum absolute atomic E-state index is 5.28. The van der Waals surface area contributed by atoms with Crippen LogP contribution in [-0.2, 0) is 0 Å². The van der Waals surface area contributed by atoms with Gasteiger partial charge in [-0.3, -0.25) is 0 Å². The van der Waals surface area contributed by atoms with Crippen LogP contribution in [0.15, 0.2) is 48.5 Å². The summed E-state index contributed by atoms with van der Waals surface area (Å²) in [6.45, 7) is 7.42. The number of methoxy groups -OCH3 is 1. The molecule has 1 aliphatic rings. The molecule has 1 N–H and O–H groups in total. The number of nitrogens with one attached hydrogen (secondary N) is 1. The molecule has 2 aromatic rings. The molecule has 122 valence electrons. The molecule has 2 unspecified atom stereocenters. The second-order valence-electron chi connectivity index (χ2n) is 7.75. The number of ether oxygens (including phenoxy) is 1. The molecule has 1 heterocycles. The molecule has 2 nitrogen and oxygen atoms in total. The summed E-state index contributed by atoms with van der Waals surface area (Å²) in [6.07, 6.45) is 1.17. The lowest BCUT2D eigenvalue weighted by Gasteiger charge is -2.36. The minimum atomic E-state index is -1.11. The van der Waals surface area contributed by atoms with Crippen LogP contribution in [0.5, 0.6) is 5.75 Å². The normalized spacial score (nSPS) is 20.5. The van der Waals surface area contributed by atoms with Gasteiger partial charge in [0.05, 0.1) is 13.2 Å². The molecule has 0 aromatic heterocycles. The summed E-state index contributed by atoms with van der Waals surface area (Å²) in [7, 11) is 0.610. The molecular formula is C20H27NOSi. The monoisotopic (exact) mass is 325 g/mol. The predicted octanol–water partition coefficient (Wildman–Crippen LogP) is 5.67. The van der Waals surface area contributed by atoms with Crippen LogP contribution < -0.4 is 10.1 Å². The number of para-hydroxylation sites is 1. The van der Waals surface area contributed by atoms with Crippen LogP contribution in [0.1, 0.15) is 29.5 Å². The first-order valence-electron chi connectivity index (χ1n) is 8.46. The molecule has 1 aliphatic heterocycles. The topological polar surface area (TPSA) is 21.3 Å². The van der Waals surface area contributed by atoms with Gasteiger partial charge < -0.3 is 10.1 Å². The van der Waals surface area contributed by atoms with Gasteiger partial charge in [0, 0.05) is 13.8 Å². The van der Waals surface area contributed by atoms with E-state index in [1.54, 1.807) is 7.11 Å². The lowest BCUT2D eigenvalue weighted by atomic mass is 9.85. The first-order chi connectivity index (χ1) is 11.0. The molecular weight excluding hydrogens is 298 g/mol. The van der Waals surface area contributed by atoms with Crippen LogP contribution >= 0.6 is 0 Å². The van der Waals surface area contributed by atoms with Crippen molar-refractivity contribution in [1.29, 1.82) is 0 Å². The Bertz CT molecular complexity index is 660. The minimum Gasteiger partial charge on any atom is -0.497 e. The molecule has 0 spiro atoms. The summed E-state index contributed by atoms with van der Waals surface area (Å²) in [5, 5.41) is 3.74. The van der Waals surface area contributed by atoms with Gasteiger partial charge in [-0.05, 0) is 41.7 Å². The number of rotatable bonds is 4. The van der Waals surface area contributed by atoms with Gasteiger partial charge in [0.1, 0.15) is 5.75 Å². The fourth-order valence-corrected chi connectivity index (χ4v) is 5.50. The van der Waals surface area contributed by atoms with Crippen molar-refractivity contribution in [3.63, 3.8) is 0 Å². The zero-order valence-electron chi connectivity index (χ0n) is 14.6. The maximum Gasteiger partial charge on any atom is 0.118 e. The smallest absolute Gasteiger partial charge is 0.118 e. The molecule has 0 bridgehead atoms. The number of fused-ring (bicyclic) bond motifs is 1. The first kappa shape index (κ1) is 16.1. The van der Waals surface area contributed by atoms with E-state index in [0.29, 0.717) is 12.0 Å². The Morgan fingerprint density at radius 2 is 1.74 bits per heavy atom. The molecule has 23 heavy (non-hydrogen) atoms. The Balaban J connectivity index is 1.89. The van der Waals surface area contributed by atoms with Crippen LogP contribution in [0.3, 0.4) is 0 Å². The molecule has 3 rings (SSSR count). The third kappa shape index (κ3) is 3.78. The SMILES string of the molecule is COc1ccc(C2CC(C[Si](C)(C)C)c3ccccc3N2)cc1. The fraction of sp³-hybridized carbons (Fsp3) is 0.400. The molecule has 0 radical (unpaired) electrons. The van der Waals surface area contributed by atoms with Crippen molar-refractivity contribution in [2.24, 2.45) is 0 Å². The van der Waals surface area contributed by atoms with E-state index in [0.717, 1.165) is 5.75 Å². The number of anilines is 1. The summed E-state index contributed by atoms with van der Waals surface area (Å²) in [5.41, 5.74) is 4.16. The van der Waals surface area contributed by atoms with Crippen LogP contribution in [-0.4, -0.2) is 15.2 Å². The van der Waals surface area contributed by atoms with Crippen molar-refractivity contribution in [3.8, 4) is 5.75 Å². The standard InChI is InChI=1S/C20H27NOSi/c1-22-17-11-9-15(10-12-17)20-13-16(14-23(2,3)4)18-7-5-6-8-19(18)21-20/h5-12,16,20-21H,13-14H2,1-4H3. The number of hydrogen-bond donors (Lipinski definition) is 1. The fourth-order valence-electron chi connectivity index (χ4n) is 3.63. The van der Waals surface area contributed by atoms with E-state index in [-0.39, 0.29) is 0 Å². The minimum absolute atomic E-state index is 0.386. The van der Waals surface area contributed by atoms with Crippen LogP contribution in [0.25, 0.3) is 0 Å². The highest BCUT2D eigenvalue weighted by molar-refractivity contribution is 6.76. The summed E-state index contributed by atoms with van der Waals surface area (Å²) >= 11 is 0. The molecule has 2 atom stereocenters. The molecule has 0 aliphatic carbocycles. The van der Waals surface area contributed by atoms with Gasteiger partial charge in [0.15, 0.2) is 0 Å². The lowest BCUT2D eigenvalue weighted by molar-refractivity contribution is 0.414. The van der Waals surface area contributed by atoms with E-state index in [2.05, 4.69) is 73.5 Å². The zero-order valence-corrected chi connectivity index (χ0v) is 15.6. The second-order valence-corrected chi connectivity index (χ2v) is 13.3. The van der Waals surface area contributed by atoms with E-state index in [1.165, 1.54) is 29.3 Å². The largest absolute Gasteiger partial charge is 0.497 e. The molecule has 3 heteroatoms. The average molecular weight is 326 g/mol. The van der Waals surface area contributed by atoms with Crippen molar-refractivity contribution in [3.05, 3.63) is 59.7 Å². The molecule has 0 amide bonds. The summed E-state index contributed by atoms with van der Waals surface area (Å²) in [4.78, 5) is 0. The Hall–Kier alpha value is -1.74. The van der Waals surface area contributed by atoms with Crippen LogP contribution in [0.2, 0.25) is 25.7 Å². The van der Waals surface area contributed by atoms with Gasteiger partial charge in [-0.15, -0.1) is 0 Å². The van der Waals surface area contributed by atoms with Gasteiger partial charge in [-0.2, -0.15) is 0 Å². The van der Waals surface area contributed by atoms with Gasteiger partial charge in [-0.25, -0.2) is 0 Å². The lowest BCUT2D eigenvalue weighted by Crippen LogP contribution is -2.28. The Morgan fingerprint density at radius 3 is 2.39 bits per heavy atom. The molecule has 0 saturated carbocycles. The highest BCUT2D eigenvalue weighted by Crippen LogP contribution is 2.43. The van der Waals surface area contributed by atoms with Crippen molar-refractivity contribution in [1.82, 2.24) is 0 Å². The molecule has 0 saturated heterocycles. The molecule has 2 aromatic carbocycles. The van der Waals surface area contributed by atoms with Crippen molar-refractivity contribution in [2.45, 2.75) is 44.1 Å². The first-order valence-corrected chi connectivity index (χ1v) is 12.2. The van der Waals surface area contributed by atoms with Crippen molar-refractivity contribution in [2.75, 3.05) is 12.4 Å². The quantitative estimate of drug-likeness (QED) is 0.731. The Morgan fingerprint density at radius 1 is 1.04 bits per heavy atom. The third-order valence-corrected chi connectivity index (χ3v) is 6.35. The highest BCUT2D eigenvalue weighted by Gasteiger charge is 2.30. The van der Waals surface area contributed by atoms with Gasteiger partial charge >= 0.3 is 0 Å². The summed E-state index contributed by atoms with van der Waals surface area (Å²) < 4.78 is 5.28. The van der Waals surface area contributed by atoms with E-state index in [1.807, 2.05) is 0 Å². The van der Waals surface area contributed by atoms with Gasteiger partial charge in [-0.1, -0.05) is 56.0 Å². The predicted molar refractivity (Wildman–Crippen MR) is 101 cm³/mol. The van der Waals surface area contributed by atoms with Crippen LogP contribution in [0, 0.1) is 0 Å². The molecule has 0 fully saturated rings. The Kier molecular flexibility index (Phi) is 4.49. The maximum atomic E-state index is 5.28. The second kappa shape index (κ2) is 6.40. The van der Waals surface area contributed by atoms with Gasteiger partial charge in [0.25, 0.3) is 0 Å². The zero-order chi connectivity index (χ0) is 16.4. The van der Waals surface area contributed by atoms with E-state index in [9.17, 15) is 0 Å². The van der Waals surface area contributed by atoms with Crippen molar-refractivity contribution >= 4 is 13.8 Å². The van der Waals surface area contributed by atoms with E-state index >= 15 is 0 Å².